The Kier molecular flexibility index (Phi) is 3.22. The molecule has 0 unspecified atom stereocenters. The fraction of sp³-hybridized carbons (Fsp3) is 0. The minimum Gasteiger partial charge on any atom is -0.378 e. The number of carbonyl (C=O) groups is 1. The lowest BCUT2D eigenvalue weighted by Gasteiger charge is -1.90. The SMILES string of the molecule is NC1=NC(=O)/C(=C\C=C\c2ccccc2)S1. The van der Waals surface area contributed by atoms with Gasteiger partial charge in [-0.05, 0) is 23.4 Å². The van der Waals surface area contributed by atoms with Crippen LogP contribution < -0.4 is 5.73 Å². The van der Waals surface area contributed by atoms with Gasteiger partial charge in [0.05, 0.1) is 4.91 Å². The molecule has 1 heterocycles. The molecule has 0 atom stereocenters. The molecule has 1 aliphatic rings. The highest BCUT2D eigenvalue weighted by atomic mass is 32.2. The molecule has 0 aromatic heterocycles. The molecule has 4 heteroatoms. The highest BCUT2D eigenvalue weighted by molar-refractivity contribution is 8.18. The largest absolute Gasteiger partial charge is 0.378 e. The summed E-state index contributed by atoms with van der Waals surface area (Å²) in [7, 11) is 0. The molecule has 0 fully saturated rings. The van der Waals surface area contributed by atoms with Crippen LogP contribution in [0.4, 0.5) is 0 Å². The van der Waals surface area contributed by atoms with Gasteiger partial charge in [-0.3, -0.25) is 4.79 Å². The van der Waals surface area contributed by atoms with Crippen molar-refractivity contribution in [2.45, 2.75) is 0 Å². The van der Waals surface area contributed by atoms with Crippen molar-refractivity contribution >= 4 is 28.9 Å². The van der Waals surface area contributed by atoms with E-state index < -0.39 is 0 Å². The summed E-state index contributed by atoms with van der Waals surface area (Å²) < 4.78 is 0. The molecule has 0 aliphatic carbocycles. The first-order chi connectivity index (χ1) is 7.75. The predicted molar refractivity (Wildman–Crippen MR) is 67.8 cm³/mol. The van der Waals surface area contributed by atoms with Crippen molar-refractivity contribution in [3.05, 3.63) is 53.0 Å². The van der Waals surface area contributed by atoms with Gasteiger partial charge in [0.2, 0.25) is 0 Å². The molecule has 0 saturated carbocycles. The molecule has 2 N–H and O–H groups in total. The molecule has 3 nitrogen and oxygen atoms in total. The number of aliphatic imine (C=N–C) groups is 1. The van der Waals surface area contributed by atoms with E-state index >= 15 is 0 Å². The molecule has 0 bridgehead atoms. The van der Waals surface area contributed by atoms with Crippen LogP contribution in [-0.4, -0.2) is 11.1 Å². The number of benzene rings is 1. The first kappa shape index (κ1) is 10.7. The van der Waals surface area contributed by atoms with Crippen molar-refractivity contribution in [1.82, 2.24) is 0 Å². The van der Waals surface area contributed by atoms with Crippen molar-refractivity contribution in [1.29, 1.82) is 0 Å². The molecule has 0 saturated heterocycles. The number of nitrogens with two attached hydrogens (primary N) is 1. The Balaban J connectivity index is 2.06. The second kappa shape index (κ2) is 4.81. The van der Waals surface area contributed by atoms with Gasteiger partial charge in [-0.2, -0.15) is 4.99 Å². The second-order valence-corrected chi connectivity index (χ2v) is 4.22. The number of amides is 1. The van der Waals surface area contributed by atoms with Gasteiger partial charge in [-0.25, -0.2) is 0 Å². The van der Waals surface area contributed by atoms with Crippen LogP contribution in [0.2, 0.25) is 0 Å². The molecule has 0 radical (unpaired) electrons. The fourth-order valence-electron chi connectivity index (χ4n) is 1.25. The van der Waals surface area contributed by atoms with E-state index in [4.69, 9.17) is 5.73 Å². The minimum absolute atomic E-state index is 0.264. The van der Waals surface area contributed by atoms with Gasteiger partial charge in [-0.15, -0.1) is 0 Å². The van der Waals surface area contributed by atoms with Gasteiger partial charge < -0.3 is 5.73 Å². The highest BCUT2D eigenvalue weighted by Gasteiger charge is 2.18. The van der Waals surface area contributed by atoms with Gasteiger partial charge in [0.1, 0.15) is 0 Å². The lowest BCUT2D eigenvalue weighted by atomic mass is 10.2. The average Bonchev–Trinajstić information content (AvgIpc) is 2.59. The van der Waals surface area contributed by atoms with Crippen LogP contribution in [0.3, 0.4) is 0 Å². The number of allylic oxidation sites excluding steroid dienone is 2. The molecule has 1 aliphatic heterocycles. The third-order valence-corrected chi connectivity index (χ3v) is 2.80. The maximum atomic E-state index is 11.2. The molecule has 16 heavy (non-hydrogen) atoms. The van der Waals surface area contributed by atoms with Crippen molar-refractivity contribution in [3.63, 3.8) is 0 Å². The van der Waals surface area contributed by atoms with Crippen molar-refractivity contribution in [2.75, 3.05) is 0 Å². The van der Waals surface area contributed by atoms with Gasteiger partial charge in [0.15, 0.2) is 5.17 Å². The van der Waals surface area contributed by atoms with Crippen LogP contribution in [0, 0.1) is 0 Å². The summed E-state index contributed by atoms with van der Waals surface area (Å²) in [5.74, 6) is -0.264. The average molecular weight is 230 g/mol. The topological polar surface area (TPSA) is 55.4 Å². The maximum absolute atomic E-state index is 11.2. The molecule has 0 spiro atoms. The summed E-state index contributed by atoms with van der Waals surface area (Å²) in [5, 5.41) is 0.310. The summed E-state index contributed by atoms with van der Waals surface area (Å²) >= 11 is 1.20. The zero-order valence-electron chi connectivity index (χ0n) is 8.46. The van der Waals surface area contributed by atoms with E-state index in [-0.39, 0.29) is 5.91 Å². The Morgan fingerprint density at radius 1 is 1.25 bits per heavy atom. The number of nitrogens with zero attached hydrogens (tertiary/aromatic N) is 1. The third-order valence-electron chi connectivity index (χ3n) is 1.97. The first-order valence-electron chi connectivity index (χ1n) is 4.75. The van der Waals surface area contributed by atoms with Gasteiger partial charge >= 0.3 is 0 Å². The highest BCUT2D eigenvalue weighted by Crippen LogP contribution is 2.23. The van der Waals surface area contributed by atoms with E-state index in [0.717, 1.165) is 5.56 Å². The number of thioether (sulfide) groups is 1. The van der Waals surface area contributed by atoms with Gasteiger partial charge in [0.25, 0.3) is 5.91 Å². The summed E-state index contributed by atoms with van der Waals surface area (Å²) in [4.78, 5) is 15.4. The molecular formula is C12H10N2OS. The van der Waals surface area contributed by atoms with Crippen molar-refractivity contribution < 1.29 is 4.79 Å². The smallest absolute Gasteiger partial charge is 0.286 e. The third kappa shape index (κ3) is 2.61. The zero-order chi connectivity index (χ0) is 11.4. The number of amidine groups is 1. The van der Waals surface area contributed by atoms with Gasteiger partial charge in [-0.1, -0.05) is 42.5 Å². The molecule has 80 valence electrons. The van der Waals surface area contributed by atoms with Crippen molar-refractivity contribution in [3.8, 4) is 0 Å². The lowest BCUT2D eigenvalue weighted by Crippen LogP contribution is -2.01. The molecule has 2 rings (SSSR count). The zero-order valence-corrected chi connectivity index (χ0v) is 9.28. The van der Waals surface area contributed by atoms with Crippen LogP contribution in [-0.2, 0) is 4.79 Å². The van der Waals surface area contributed by atoms with E-state index in [1.165, 1.54) is 11.8 Å². The van der Waals surface area contributed by atoms with Gasteiger partial charge in [0, 0.05) is 0 Å². The van der Waals surface area contributed by atoms with E-state index in [2.05, 4.69) is 4.99 Å². The summed E-state index contributed by atoms with van der Waals surface area (Å²) in [6.07, 6.45) is 5.47. The normalized spacial score (nSPS) is 18.4. The second-order valence-electron chi connectivity index (χ2n) is 3.16. The predicted octanol–water partition coefficient (Wildman–Crippen LogP) is 2.17. The maximum Gasteiger partial charge on any atom is 0.286 e. The summed E-state index contributed by atoms with van der Waals surface area (Å²) in [5.41, 5.74) is 6.51. The Morgan fingerprint density at radius 3 is 2.62 bits per heavy atom. The monoisotopic (exact) mass is 230 g/mol. The molecule has 1 aromatic rings. The minimum atomic E-state index is -0.264. The molecule has 1 aromatic carbocycles. The van der Waals surface area contributed by atoms with E-state index in [9.17, 15) is 4.79 Å². The van der Waals surface area contributed by atoms with Crippen LogP contribution in [0.25, 0.3) is 6.08 Å². The Hall–Kier alpha value is -1.81. The molecular weight excluding hydrogens is 220 g/mol. The van der Waals surface area contributed by atoms with Crippen LogP contribution in [0.1, 0.15) is 5.56 Å². The Bertz CT molecular complexity index is 489. The fourth-order valence-corrected chi connectivity index (χ4v) is 1.88. The quantitative estimate of drug-likeness (QED) is 0.792. The van der Waals surface area contributed by atoms with E-state index in [0.29, 0.717) is 10.1 Å². The summed E-state index contributed by atoms with van der Waals surface area (Å²) in [6.45, 7) is 0. The lowest BCUT2D eigenvalue weighted by molar-refractivity contribution is -0.113. The summed E-state index contributed by atoms with van der Waals surface area (Å²) in [6, 6.07) is 9.86. The van der Waals surface area contributed by atoms with Crippen LogP contribution in [0.15, 0.2) is 52.4 Å². The first-order valence-corrected chi connectivity index (χ1v) is 5.57. The Morgan fingerprint density at radius 2 is 2.00 bits per heavy atom. The van der Waals surface area contributed by atoms with E-state index in [1.807, 2.05) is 42.5 Å². The Labute approximate surface area is 97.8 Å². The molecule has 1 amide bonds. The standard InChI is InChI=1S/C12H10N2OS/c13-12-14-11(15)10(16-12)8-4-7-9-5-2-1-3-6-9/h1-8H,(H2,13,14,15)/b7-4+,10-8+. The number of carbonyl (C=O) groups excluding carboxylic acids is 1. The van der Waals surface area contributed by atoms with Crippen LogP contribution in [0.5, 0.6) is 0 Å². The number of hydrogen-bond donors (Lipinski definition) is 1. The number of hydrogen-bond acceptors (Lipinski definition) is 3. The number of rotatable bonds is 2. The van der Waals surface area contributed by atoms with Crippen LogP contribution >= 0.6 is 11.8 Å². The van der Waals surface area contributed by atoms with Crippen molar-refractivity contribution in [2.24, 2.45) is 10.7 Å². The van der Waals surface area contributed by atoms with E-state index in [1.54, 1.807) is 6.08 Å².